The molecule has 6 heteroatoms. The maximum Gasteiger partial charge on any atom is 0.319 e. The number of rotatable bonds is 4. The van der Waals surface area contributed by atoms with E-state index in [0.717, 1.165) is 25.0 Å². The number of hydrogen-bond donors (Lipinski definition) is 3. The van der Waals surface area contributed by atoms with Crippen molar-refractivity contribution >= 4 is 17.6 Å². The summed E-state index contributed by atoms with van der Waals surface area (Å²) in [5.74, 6) is -0.183. The minimum atomic E-state index is -0.289. The van der Waals surface area contributed by atoms with Crippen LogP contribution in [0.3, 0.4) is 0 Å². The molecule has 1 atom stereocenters. The molecule has 3 N–H and O–H groups in total. The minimum Gasteiger partial charge on any atom is -0.376 e. The summed E-state index contributed by atoms with van der Waals surface area (Å²) in [6.07, 6.45) is 2.13. The number of carbonyl (C=O) groups is 2. The monoisotopic (exact) mass is 291 g/mol. The van der Waals surface area contributed by atoms with Crippen LogP contribution in [0.2, 0.25) is 0 Å². The van der Waals surface area contributed by atoms with Crippen LogP contribution in [-0.4, -0.2) is 38.2 Å². The van der Waals surface area contributed by atoms with Gasteiger partial charge in [0.1, 0.15) is 0 Å². The molecule has 1 aliphatic rings. The van der Waals surface area contributed by atoms with Crippen LogP contribution in [0.15, 0.2) is 18.2 Å². The zero-order valence-corrected chi connectivity index (χ0v) is 12.4. The van der Waals surface area contributed by atoms with Gasteiger partial charge in [-0.3, -0.25) is 4.79 Å². The van der Waals surface area contributed by atoms with Gasteiger partial charge < -0.3 is 20.7 Å². The van der Waals surface area contributed by atoms with Crippen LogP contribution >= 0.6 is 0 Å². The topological polar surface area (TPSA) is 79.5 Å². The summed E-state index contributed by atoms with van der Waals surface area (Å²) in [6, 6.07) is 4.91. The predicted octanol–water partition coefficient (Wildman–Crippen LogP) is 1.66. The zero-order chi connectivity index (χ0) is 15.2. The molecule has 21 heavy (non-hydrogen) atoms. The molecule has 3 amide bonds. The molecule has 0 unspecified atom stereocenters. The van der Waals surface area contributed by atoms with Gasteiger partial charge in [-0.1, -0.05) is 6.07 Å². The number of ether oxygens (including phenoxy) is 1. The smallest absolute Gasteiger partial charge is 0.319 e. The van der Waals surface area contributed by atoms with E-state index in [-0.39, 0.29) is 18.0 Å². The second kappa shape index (κ2) is 7.08. The van der Waals surface area contributed by atoms with Crippen molar-refractivity contribution in [1.82, 2.24) is 10.6 Å². The Balaban J connectivity index is 1.94. The first-order chi connectivity index (χ1) is 10.1. The number of carbonyl (C=O) groups excluding carboxylic acids is 2. The highest BCUT2D eigenvalue weighted by atomic mass is 16.5. The number of benzene rings is 1. The van der Waals surface area contributed by atoms with Crippen LogP contribution in [0.25, 0.3) is 0 Å². The van der Waals surface area contributed by atoms with E-state index in [1.54, 1.807) is 25.2 Å². The molecule has 1 fully saturated rings. The van der Waals surface area contributed by atoms with Crippen molar-refractivity contribution < 1.29 is 14.3 Å². The third kappa shape index (κ3) is 4.19. The molecule has 0 aliphatic carbocycles. The summed E-state index contributed by atoms with van der Waals surface area (Å²) < 4.78 is 5.45. The van der Waals surface area contributed by atoms with Crippen molar-refractivity contribution in [3.63, 3.8) is 0 Å². The van der Waals surface area contributed by atoms with E-state index in [9.17, 15) is 9.59 Å². The molecule has 0 bridgehead atoms. The molecule has 1 saturated heterocycles. The Kier molecular flexibility index (Phi) is 5.16. The minimum absolute atomic E-state index is 0.106. The molecule has 114 valence electrons. The van der Waals surface area contributed by atoms with Crippen molar-refractivity contribution in [3.05, 3.63) is 29.3 Å². The van der Waals surface area contributed by atoms with Crippen molar-refractivity contribution in [2.45, 2.75) is 25.9 Å². The number of aryl methyl sites for hydroxylation is 1. The number of hydrogen-bond acceptors (Lipinski definition) is 3. The first kappa shape index (κ1) is 15.3. The lowest BCUT2D eigenvalue weighted by atomic mass is 10.1. The van der Waals surface area contributed by atoms with Gasteiger partial charge in [-0.15, -0.1) is 0 Å². The molecule has 6 nitrogen and oxygen atoms in total. The maximum atomic E-state index is 11.9. The Morgan fingerprint density at radius 2 is 2.19 bits per heavy atom. The molecule has 1 aliphatic heterocycles. The Labute approximate surface area is 124 Å². The van der Waals surface area contributed by atoms with Gasteiger partial charge in [0.25, 0.3) is 5.91 Å². The normalized spacial score (nSPS) is 17.3. The van der Waals surface area contributed by atoms with E-state index in [1.807, 2.05) is 6.92 Å². The van der Waals surface area contributed by atoms with E-state index >= 15 is 0 Å². The summed E-state index contributed by atoms with van der Waals surface area (Å²) >= 11 is 0. The largest absolute Gasteiger partial charge is 0.376 e. The lowest BCUT2D eigenvalue weighted by molar-refractivity contribution is 0.0963. The van der Waals surface area contributed by atoms with Gasteiger partial charge in [-0.2, -0.15) is 0 Å². The van der Waals surface area contributed by atoms with Gasteiger partial charge in [0.05, 0.1) is 6.10 Å². The first-order valence-electron chi connectivity index (χ1n) is 7.09. The maximum absolute atomic E-state index is 11.9. The van der Waals surface area contributed by atoms with E-state index in [0.29, 0.717) is 17.8 Å². The molecule has 1 heterocycles. The fourth-order valence-corrected chi connectivity index (χ4v) is 2.22. The molecule has 0 aromatic heterocycles. The number of amides is 3. The van der Waals surface area contributed by atoms with Gasteiger partial charge >= 0.3 is 6.03 Å². The standard InChI is InChI=1S/C15H21N3O3/c1-10-5-6-11(14(19)16-2)8-13(10)18-15(20)17-9-12-4-3-7-21-12/h5-6,8,12H,3-4,7,9H2,1-2H3,(H,16,19)(H2,17,18,20)/t12-/m0/s1. The average molecular weight is 291 g/mol. The van der Waals surface area contributed by atoms with Gasteiger partial charge in [0.15, 0.2) is 0 Å². The zero-order valence-electron chi connectivity index (χ0n) is 12.4. The molecule has 0 radical (unpaired) electrons. The summed E-state index contributed by atoms with van der Waals surface area (Å²) in [7, 11) is 1.57. The SMILES string of the molecule is CNC(=O)c1ccc(C)c(NC(=O)NC[C@@H]2CCCO2)c1. The van der Waals surface area contributed by atoms with Crippen LogP contribution < -0.4 is 16.0 Å². The molecule has 1 aromatic rings. The molecular weight excluding hydrogens is 270 g/mol. The van der Waals surface area contributed by atoms with E-state index in [2.05, 4.69) is 16.0 Å². The third-order valence-corrected chi connectivity index (χ3v) is 3.49. The Hall–Kier alpha value is -2.08. The Morgan fingerprint density at radius 3 is 2.86 bits per heavy atom. The highest BCUT2D eigenvalue weighted by molar-refractivity contribution is 5.97. The number of nitrogens with one attached hydrogen (secondary N) is 3. The van der Waals surface area contributed by atoms with E-state index in [4.69, 9.17) is 4.74 Å². The van der Waals surface area contributed by atoms with Crippen LogP contribution in [0.5, 0.6) is 0 Å². The van der Waals surface area contributed by atoms with Crippen molar-refractivity contribution in [2.24, 2.45) is 0 Å². The van der Waals surface area contributed by atoms with Gasteiger partial charge in [0.2, 0.25) is 0 Å². The molecule has 1 aromatic carbocycles. The van der Waals surface area contributed by atoms with E-state index < -0.39 is 0 Å². The Bertz CT molecular complexity index is 525. The number of urea groups is 1. The second-order valence-corrected chi connectivity index (χ2v) is 5.08. The summed E-state index contributed by atoms with van der Waals surface area (Å²) in [4.78, 5) is 23.5. The highest BCUT2D eigenvalue weighted by Gasteiger charge is 2.16. The van der Waals surface area contributed by atoms with Crippen LogP contribution in [0, 0.1) is 6.92 Å². The third-order valence-electron chi connectivity index (χ3n) is 3.49. The summed E-state index contributed by atoms with van der Waals surface area (Å²) in [6.45, 7) is 3.14. The highest BCUT2D eigenvalue weighted by Crippen LogP contribution is 2.17. The predicted molar refractivity (Wildman–Crippen MR) is 80.6 cm³/mol. The molecule has 2 rings (SSSR count). The lowest BCUT2D eigenvalue weighted by Crippen LogP contribution is -2.35. The average Bonchev–Trinajstić information content (AvgIpc) is 3.00. The first-order valence-corrected chi connectivity index (χ1v) is 7.09. The summed E-state index contributed by atoms with van der Waals surface area (Å²) in [5, 5.41) is 8.12. The lowest BCUT2D eigenvalue weighted by Gasteiger charge is -2.13. The van der Waals surface area contributed by atoms with Gasteiger partial charge in [0, 0.05) is 31.5 Å². The molecular formula is C15H21N3O3. The van der Waals surface area contributed by atoms with Gasteiger partial charge in [-0.25, -0.2) is 4.79 Å². The molecule has 0 saturated carbocycles. The van der Waals surface area contributed by atoms with E-state index in [1.165, 1.54) is 0 Å². The fraction of sp³-hybridized carbons (Fsp3) is 0.467. The Morgan fingerprint density at radius 1 is 1.38 bits per heavy atom. The molecule has 0 spiro atoms. The fourth-order valence-electron chi connectivity index (χ4n) is 2.22. The summed E-state index contributed by atoms with van der Waals surface area (Å²) in [5.41, 5.74) is 2.04. The van der Waals surface area contributed by atoms with Crippen molar-refractivity contribution in [1.29, 1.82) is 0 Å². The van der Waals surface area contributed by atoms with Gasteiger partial charge in [-0.05, 0) is 37.5 Å². The van der Waals surface area contributed by atoms with Crippen molar-refractivity contribution in [3.8, 4) is 0 Å². The van der Waals surface area contributed by atoms with Crippen LogP contribution in [0.4, 0.5) is 10.5 Å². The quantitative estimate of drug-likeness (QED) is 0.789. The second-order valence-electron chi connectivity index (χ2n) is 5.08. The van der Waals surface area contributed by atoms with Crippen LogP contribution in [-0.2, 0) is 4.74 Å². The number of anilines is 1. The van der Waals surface area contributed by atoms with Crippen LogP contribution in [0.1, 0.15) is 28.8 Å². The van der Waals surface area contributed by atoms with Crippen molar-refractivity contribution in [2.75, 3.05) is 25.5 Å².